The minimum absolute atomic E-state index is 0.156. The van der Waals surface area contributed by atoms with E-state index in [0.29, 0.717) is 18.7 Å². The minimum Gasteiger partial charge on any atom is -0.379 e. The number of rotatable bonds is 8. The third-order valence-corrected chi connectivity index (χ3v) is 5.52. The summed E-state index contributed by atoms with van der Waals surface area (Å²) in [4.78, 5) is 26.6. The topological polar surface area (TPSA) is 87.6 Å². The smallest absolute Gasteiger partial charge is 0.319 e. The molecule has 2 aromatic carbocycles. The Hall–Kier alpha value is -3.36. The average Bonchev–Trinajstić information content (AvgIpc) is 3.24. The summed E-state index contributed by atoms with van der Waals surface area (Å²) in [5.41, 5.74) is 2.48. The van der Waals surface area contributed by atoms with Gasteiger partial charge < -0.3 is 25.3 Å². The van der Waals surface area contributed by atoms with Crippen molar-refractivity contribution in [1.82, 2.24) is 20.1 Å². The molecule has 4 rings (SSSR count). The number of hydrogen-bond acceptors (Lipinski definition) is 4. The first kappa shape index (κ1) is 21.9. The van der Waals surface area contributed by atoms with E-state index in [1.54, 1.807) is 12.1 Å². The lowest BCUT2D eigenvalue weighted by atomic mass is 10.2. The van der Waals surface area contributed by atoms with Gasteiger partial charge in [0, 0.05) is 67.6 Å². The van der Waals surface area contributed by atoms with E-state index in [9.17, 15) is 9.59 Å². The van der Waals surface area contributed by atoms with Gasteiger partial charge in [-0.15, -0.1) is 0 Å². The molecule has 3 aromatic rings. The van der Waals surface area contributed by atoms with Crippen LogP contribution in [-0.2, 0) is 11.3 Å². The first-order valence-electron chi connectivity index (χ1n) is 11.0. The van der Waals surface area contributed by atoms with Gasteiger partial charge >= 0.3 is 6.03 Å². The normalized spacial score (nSPS) is 14.2. The molecule has 0 spiro atoms. The van der Waals surface area contributed by atoms with Crippen LogP contribution in [0.4, 0.5) is 10.5 Å². The number of urea groups is 1. The van der Waals surface area contributed by atoms with Crippen LogP contribution in [0.3, 0.4) is 0 Å². The van der Waals surface area contributed by atoms with Crippen LogP contribution in [0.15, 0.2) is 60.8 Å². The van der Waals surface area contributed by atoms with Crippen molar-refractivity contribution in [3.05, 3.63) is 66.4 Å². The van der Waals surface area contributed by atoms with Gasteiger partial charge in [-0.1, -0.05) is 18.2 Å². The molecule has 3 N–H and O–H groups in total. The first-order chi connectivity index (χ1) is 15.7. The van der Waals surface area contributed by atoms with Gasteiger partial charge in [0.2, 0.25) is 0 Å². The quantitative estimate of drug-likeness (QED) is 0.475. The molecule has 0 atom stereocenters. The highest BCUT2D eigenvalue weighted by Gasteiger charge is 2.11. The van der Waals surface area contributed by atoms with Crippen molar-refractivity contribution in [3.8, 4) is 0 Å². The summed E-state index contributed by atoms with van der Waals surface area (Å²) in [5.74, 6) is -0.156. The molecule has 1 aliphatic heterocycles. The molecule has 1 aliphatic rings. The predicted molar refractivity (Wildman–Crippen MR) is 125 cm³/mol. The SMILES string of the molecule is O=C(NCCNC(=O)c1ccccc1)Nc1ccc2c(ccn2CCN2CCOCC2)c1. The van der Waals surface area contributed by atoms with Gasteiger partial charge in [-0.2, -0.15) is 0 Å². The van der Waals surface area contributed by atoms with Crippen molar-refractivity contribution in [2.24, 2.45) is 0 Å². The number of amides is 3. The molecule has 0 unspecified atom stereocenters. The second-order valence-corrected chi connectivity index (χ2v) is 7.74. The van der Waals surface area contributed by atoms with Crippen molar-refractivity contribution in [2.45, 2.75) is 6.54 Å². The van der Waals surface area contributed by atoms with E-state index >= 15 is 0 Å². The lowest BCUT2D eigenvalue weighted by molar-refractivity contribution is 0.0365. The molecule has 0 aliphatic carbocycles. The lowest BCUT2D eigenvalue weighted by Crippen LogP contribution is -2.38. The Balaban J connectivity index is 1.22. The molecule has 0 saturated carbocycles. The molecule has 168 valence electrons. The highest BCUT2D eigenvalue weighted by Crippen LogP contribution is 2.20. The fraction of sp³-hybridized carbons (Fsp3) is 0.333. The van der Waals surface area contributed by atoms with Crippen LogP contribution in [0.5, 0.6) is 0 Å². The molecule has 1 saturated heterocycles. The second kappa shape index (κ2) is 10.8. The maximum atomic E-state index is 12.2. The largest absolute Gasteiger partial charge is 0.379 e. The zero-order valence-electron chi connectivity index (χ0n) is 18.0. The Morgan fingerprint density at radius 3 is 2.50 bits per heavy atom. The van der Waals surface area contributed by atoms with Crippen LogP contribution in [0.2, 0.25) is 0 Å². The number of carbonyl (C=O) groups is 2. The van der Waals surface area contributed by atoms with Gasteiger partial charge in [0.1, 0.15) is 0 Å². The second-order valence-electron chi connectivity index (χ2n) is 7.74. The number of nitrogens with one attached hydrogen (secondary N) is 3. The average molecular weight is 436 g/mol. The van der Waals surface area contributed by atoms with Crippen LogP contribution < -0.4 is 16.0 Å². The summed E-state index contributed by atoms with van der Waals surface area (Å²) in [7, 11) is 0. The maximum Gasteiger partial charge on any atom is 0.319 e. The molecular formula is C24H29N5O3. The lowest BCUT2D eigenvalue weighted by Gasteiger charge is -2.26. The number of morpholine rings is 1. The maximum absolute atomic E-state index is 12.2. The Kier molecular flexibility index (Phi) is 7.37. The van der Waals surface area contributed by atoms with E-state index in [0.717, 1.165) is 56.0 Å². The third kappa shape index (κ3) is 5.87. The van der Waals surface area contributed by atoms with Gasteiger partial charge in [0.05, 0.1) is 13.2 Å². The van der Waals surface area contributed by atoms with Gasteiger partial charge in [-0.05, 0) is 36.4 Å². The van der Waals surface area contributed by atoms with Gasteiger partial charge in [-0.25, -0.2) is 4.79 Å². The highest BCUT2D eigenvalue weighted by atomic mass is 16.5. The van der Waals surface area contributed by atoms with Crippen LogP contribution in [0, 0.1) is 0 Å². The number of ether oxygens (including phenoxy) is 1. The summed E-state index contributed by atoms with van der Waals surface area (Å²) >= 11 is 0. The van der Waals surface area contributed by atoms with Gasteiger partial charge in [-0.3, -0.25) is 9.69 Å². The Morgan fingerprint density at radius 1 is 0.906 bits per heavy atom. The molecular weight excluding hydrogens is 406 g/mol. The molecule has 0 bridgehead atoms. The number of nitrogens with zero attached hydrogens (tertiary/aromatic N) is 2. The van der Waals surface area contributed by atoms with Gasteiger partial charge in [0.15, 0.2) is 0 Å². The van der Waals surface area contributed by atoms with E-state index in [2.05, 4.69) is 37.7 Å². The summed E-state index contributed by atoms with van der Waals surface area (Å²) in [6, 6.07) is 16.7. The monoisotopic (exact) mass is 435 g/mol. The number of fused-ring (bicyclic) bond motifs is 1. The van der Waals surface area contributed by atoms with Crippen molar-refractivity contribution in [2.75, 3.05) is 51.3 Å². The fourth-order valence-corrected chi connectivity index (χ4v) is 3.77. The molecule has 32 heavy (non-hydrogen) atoms. The molecule has 1 fully saturated rings. The molecule has 0 radical (unpaired) electrons. The summed E-state index contributed by atoms with van der Waals surface area (Å²) in [5, 5.41) is 9.48. The summed E-state index contributed by atoms with van der Waals surface area (Å²) in [6.45, 7) is 6.20. The number of hydrogen-bond donors (Lipinski definition) is 3. The highest BCUT2D eigenvalue weighted by molar-refractivity contribution is 5.94. The third-order valence-electron chi connectivity index (χ3n) is 5.52. The van der Waals surface area contributed by atoms with Crippen molar-refractivity contribution >= 4 is 28.5 Å². The summed E-state index contributed by atoms with van der Waals surface area (Å²) < 4.78 is 7.65. The van der Waals surface area contributed by atoms with Crippen LogP contribution in [0.25, 0.3) is 10.9 Å². The fourth-order valence-electron chi connectivity index (χ4n) is 3.77. The van der Waals surface area contributed by atoms with E-state index in [-0.39, 0.29) is 11.9 Å². The molecule has 8 nitrogen and oxygen atoms in total. The Morgan fingerprint density at radius 2 is 1.69 bits per heavy atom. The van der Waals surface area contributed by atoms with E-state index in [4.69, 9.17) is 4.74 Å². The summed E-state index contributed by atoms with van der Waals surface area (Å²) in [6.07, 6.45) is 2.09. The van der Waals surface area contributed by atoms with Crippen molar-refractivity contribution in [1.29, 1.82) is 0 Å². The van der Waals surface area contributed by atoms with Crippen LogP contribution in [-0.4, -0.2) is 67.3 Å². The van der Waals surface area contributed by atoms with Crippen LogP contribution in [0.1, 0.15) is 10.4 Å². The Labute approximate surface area is 187 Å². The number of anilines is 1. The zero-order chi connectivity index (χ0) is 22.2. The standard InChI is InChI=1S/C24H29N5O3/c30-23(19-4-2-1-3-5-19)25-9-10-26-24(31)27-21-6-7-22-20(18-21)8-11-29(22)13-12-28-14-16-32-17-15-28/h1-8,11,18H,9-10,12-17H2,(H,25,30)(H2,26,27,31). The van der Waals surface area contributed by atoms with E-state index in [1.807, 2.05) is 36.4 Å². The van der Waals surface area contributed by atoms with Crippen LogP contribution >= 0.6 is 0 Å². The number of aromatic nitrogens is 1. The number of benzene rings is 2. The first-order valence-corrected chi connectivity index (χ1v) is 11.0. The number of carbonyl (C=O) groups excluding carboxylic acids is 2. The van der Waals surface area contributed by atoms with E-state index in [1.165, 1.54) is 0 Å². The molecule has 3 amide bonds. The predicted octanol–water partition coefficient (Wildman–Crippen LogP) is 2.53. The van der Waals surface area contributed by atoms with E-state index < -0.39 is 0 Å². The molecule has 1 aromatic heterocycles. The molecule has 2 heterocycles. The molecule has 8 heteroatoms. The van der Waals surface area contributed by atoms with Crippen molar-refractivity contribution < 1.29 is 14.3 Å². The van der Waals surface area contributed by atoms with Crippen molar-refractivity contribution in [3.63, 3.8) is 0 Å². The van der Waals surface area contributed by atoms with Gasteiger partial charge in [0.25, 0.3) is 5.91 Å². The minimum atomic E-state index is -0.301. The zero-order valence-corrected chi connectivity index (χ0v) is 18.0. The Bertz CT molecular complexity index is 1040.